The molecule has 0 aliphatic carbocycles. The molecule has 0 saturated heterocycles. The first kappa shape index (κ1) is 19.6. The number of ether oxygens (including phenoxy) is 2. The average molecular weight is 394 g/mol. The maximum absolute atomic E-state index is 11.8. The summed E-state index contributed by atoms with van der Waals surface area (Å²) < 4.78 is 15.4. The van der Waals surface area contributed by atoms with Crippen LogP contribution in [0.2, 0.25) is 0 Å². The van der Waals surface area contributed by atoms with Gasteiger partial charge in [-0.3, -0.25) is 9.59 Å². The van der Waals surface area contributed by atoms with Gasteiger partial charge in [-0.25, -0.2) is 4.79 Å². The van der Waals surface area contributed by atoms with Gasteiger partial charge in [0.05, 0.1) is 13.0 Å². The molecule has 10 nitrogen and oxygen atoms in total. The van der Waals surface area contributed by atoms with E-state index in [9.17, 15) is 14.4 Å². The van der Waals surface area contributed by atoms with Crippen LogP contribution >= 0.6 is 0 Å². The molecule has 1 heterocycles. The summed E-state index contributed by atoms with van der Waals surface area (Å²) in [6.45, 7) is -0.423. The Balaban J connectivity index is 1.86. The lowest BCUT2D eigenvalue weighted by Crippen LogP contribution is -2.22. The molecule has 0 saturated carbocycles. The van der Waals surface area contributed by atoms with Gasteiger partial charge in [0.2, 0.25) is 0 Å². The van der Waals surface area contributed by atoms with E-state index in [1.165, 1.54) is 6.07 Å². The number of benzene rings is 2. The topological polar surface area (TPSA) is 158 Å². The van der Waals surface area contributed by atoms with E-state index in [1.54, 1.807) is 36.4 Å². The zero-order valence-corrected chi connectivity index (χ0v) is 14.9. The molecule has 0 spiro atoms. The highest BCUT2D eigenvalue weighted by molar-refractivity contribution is 5.90. The normalized spacial score (nSPS) is 10.2. The number of hydrogen-bond donors (Lipinski definition) is 1. The lowest BCUT2D eigenvalue weighted by molar-refractivity contribution is -0.158. The fourth-order valence-electron chi connectivity index (χ4n) is 2.55. The van der Waals surface area contributed by atoms with E-state index in [4.69, 9.17) is 20.4 Å². The van der Waals surface area contributed by atoms with Crippen molar-refractivity contribution in [1.29, 1.82) is 0 Å². The predicted molar refractivity (Wildman–Crippen MR) is 102 cm³/mol. The van der Waals surface area contributed by atoms with Crippen LogP contribution in [0.25, 0.3) is 21.4 Å². The van der Waals surface area contributed by atoms with Crippen molar-refractivity contribution in [2.45, 2.75) is 6.42 Å². The van der Waals surface area contributed by atoms with Crippen molar-refractivity contribution in [3.63, 3.8) is 0 Å². The number of azide groups is 1. The smallest absolute Gasteiger partial charge is 0.336 e. The summed E-state index contributed by atoms with van der Waals surface area (Å²) in [6.07, 6.45) is -0.297. The zero-order valence-electron chi connectivity index (χ0n) is 14.9. The number of carbonyl (C=O) groups is 2. The molecule has 0 fully saturated rings. The van der Waals surface area contributed by atoms with Crippen LogP contribution in [0.3, 0.4) is 0 Å². The molecule has 0 aliphatic rings. The quantitative estimate of drug-likeness (QED) is 0.168. The van der Waals surface area contributed by atoms with Crippen molar-refractivity contribution in [3.8, 4) is 11.5 Å². The molecule has 0 bridgehead atoms. The average Bonchev–Trinajstić information content (AvgIpc) is 2.69. The van der Waals surface area contributed by atoms with E-state index in [1.807, 2.05) is 0 Å². The van der Waals surface area contributed by atoms with E-state index in [2.05, 4.69) is 14.8 Å². The van der Waals surface area contributed by atoms with Crippen LogP contribution in [-0.4, -0.2) is 18.5 Å². The number of rotatable bonds is 6. The highest BCUT2D eigenvalue weighted by atomic mass is 16.6. The highest BCUT2D eigenvalue weighted by Crippen LogP contribution is 2.28. The Morgan fingerprint density at radius 1 is 1.07 bits per heavy atom. The molecule has 10 heteroatoms. The third-order valence-electron chi connectivity index (χ3n) is 3.76. The minimum absolute atomic E-state index is 0.202. The number of nitrogens with two attached hydrogens (primary N) is 1. The lowest BCUT2D eigenvalue weighted by Gasteiger charge is -2.09. The molecule has 0 amide bonds. The summed E-state index contributed by atoms with van der Waals surface area (Å²) in [5.41, 5.74) is 13.8. The maximum Gasteiger partial charge on any atom is 0.336 e. The fourth-order valence-corrected chi connectivity index (χ4v) is 2.55. The van der Waals surface area contributed by atoms with E-state index in [0.717, 1.165) is 6.07 Å². The standard InChI is InChI=1S/C19H14N4O6/c20-10-19(26)29-18(25)8-11-7-17(24)28-16-9-14(5-6-15(11)16)27-13-3-1-12(2-4-13)22-23-21/h1-7,9H,8,10,20H2. The molecular formula is C19H14N4O6. The van der Waals surface area contributed by atoms with Gasteiger partial charge >= 0.3 is 17.6 Å². The number of fused-ring (bicyclic) bond motifs is 1. The van der Waals surface area contributed by atoms with E-state index in [0.29, 0.717) is 28.1 Å². The van der Waals surface area contributed by atoms with Crippen molar-refractivity contribution in [3.05, 3.63) is 75.0 Å². The van der Waals surface area contributed by atoms with Gasteiger partial charge in [0.25, 0.3) is 0 Å². The summed E-state index contributed by atoms with van der Waals surface area (Å²) in [5.74, 6) is -0.823. The van der Waals surface area contributed by atoms with Crippen LogP contribution in [0.5, 0.6) is 11.5 Å². The van der Waals surface area contributed by atoms with Crippen LogP contribution in [-0.2, 0) is 20.7 Å². The first-order valence-corrected chi connectivity index (χ1v) is 8.32. The molecule has 0 atom stereocenters. The summed E-state index contributed by atoms with van der Waals surface area (Å²) >= 11 is 0. The molecule has 0 aliphatic heterocycles. The minimum atomic E-state index is -0.857. The Bertz CT molecular complexity index is 1180. The third-order valence-corrected chi connectivity index (χ3v) is 3.76. The third kappa shape index (κ3) is 4.98. The van der Waals surface area contributed by atoms with Crippen molar-refractivity contribution in [1.82, 2.24) is 0 Å². The van der Waals surface area contributed by atoms with Gasteiger partial charge in [-0.05, 0) is 47.5 Å². The van der Waals surface area contributed by atoms with E-state index >= 15 is 0 Å². The number of hydrogen-bond acceptors (Lipinski definition) is 8. The van der Waals surface area contributed by atoms with Crippen molar-refractivity contribution >= 4 is 28.6 Å². The fraction of sp³-hybridized carbons (Fsp3) is 0.105. The molecule has 0 radical (unpaired) electrons. The van der Waals surface area contributed by atoms with Crippen LogP contribution in [0.1, 0.15) is 5.56 Å². The molecule has 1 aromatic heterocycles. The predicted octanol–water partition coefficient (Wildman–Crippen LogP) is 3.10. The summed E-state index contributed by atoms with van der Waals surface area (Å²) in [4.78, 5) is 37.5. The Morgan fingerprint density at radius 3 is 2.48 bits per heavy atom. The van der Waals surface area contributed by atoms with Gasteiger partial charge in [0.1, 0.15) is 17.1 Å². The number of esters is 2. The van der Waals surface area contributed by atoms with Crippen LogP contribution in [0, 0.1) is 0 Å². The molecule has 3 rings (SSSR count). The lowest BCUT2D eigenvalue weighted by atomic mass is 10.1. The summed E-state index contributed by atoms with van der Waals surface area (Å²) in [6, 6.07) is 12.3. The molecule has 146 valence electrons. The van der Waals surface area contributed by atoms with Gasteiger partial charge in [-0.1, -0.05) is 5.11 Å². The molecule has 3 aromatic rings. The molecular weight excluding hydrogens is 380 g/mol. The van der Waals surface area contributed by atoms with Gasteiger partial charge in [-0.15, -0.1) is 0 Å². The molecule has 0 unspecified atom stereocenters. The number of carbonyl (C=O) groups excluding carboxylic acids is 2. The summed E-state index contributed by atoms with van der Waals surface area (Å²) in [5, 5.41) is 3.96. The summed E-state index contributed by atoms with van der Waals surface area (Å²) in [7, 11) is 0. The van der Waals surface area contributed by atoms with Gasteiger partial charge in [-0.2, -0.15) is 0 Å². The van der Waals surface area contributed by atoms with Crippen molar-refractivity contribution < 1.29 is 23.5 Å². The second-order valence-electron chi connectivity index (χ2n) is 5.76. The zero-order chi connectivity index (χ0) is 20.8. The Kier molecular flexibility index (Phi) is 5.88. The Morgan fingerprint density at radius 2 is 1.79 bits per heavy atom. The van der Waals surface area contributed by atoms with Crippen LogP contribution < -0.4 is 16.1 Å². The maximum atomic E-state index is 11.8. The second-order valence-corrected chi connectivity index (χ2v) is 5.76. The first-order chi connectivity index (χ1) is 14.0. The SMILES string of the molecule is [N-]=[N+]=Nc1ccc(Oc2ccc3c(CC(=O)OC(=O)CN)cc(=O)oc3c2)cc1. The molecule has 2 aromatic carbocycles. The minimum Gasteiger partial charge on any atom is -0.457 e. The second kappa shape index (κ2) is 8.70. The van der Waals surface area contributed by atoms with Gasteiger partial charge in [0, 0.05) is 28.1 Å². The van der Waals surface area contributed by atoms with E-state index in [-0.39, 0.29) is 12.0 Å². The van der Waals surface area contributed by atoms with Crippen LogP contribution in [0.15, 0.2) is 62.9 Å². The monoisotopic (exact) mass is 394 g/mol. The van der Waals surface area contributed by atoms with Gasteiger partial charge < -0.3 is 19.6 Å². The Hall–Kier alpha value is -4.14. The van der Waals surface area contributed by atoms with E-state index < -0.39 is 24.1 Å². The first-order valence-electron chi connectivity index (χ1n) is 8.32. The highest BCUT2D eigenvalue weighted by Gasteiger charge is 2.14. The van der Waals surface area contributed by atoms with Crippen LogP contribution in [0.4, 0.5) is 5.69 Å². The van der Waals surface area contributed by atoms with Crippen molar-refractivity contribution in [2.75, 3.05) is 6.54 Å². The molecule has 29 heavy (non-hydrogen) atoms. The number of nitrogens with zero attached hydrogens (tertiary/aromatic N) is 3. The van der Waals surface area contributed by atoms with Gasteiger partial charge in [0.15, 0.2) is 0 Å². The Labute approximate surface area is 163 Å². The molecule has 2 N–H and O–H groups in total. The van der Waals surface area contributed by atoms with Crippen molar-refractivity contribution in [2.24, 2.45) is 10.8 Å². The largest absolute Gasteiger partial charge is 0.457 e.